The van der Waals surface area contributed by atoms with Crippen molar-refractivity contribution in [3.63, 3.8) is 0 Å². The van der Waals surface area contributed by atoms with Gasteiger partial charge in [-0.1, -0.05) is 48.0 Å². The van der Waals surface area contributed by atoms with Crippen LogP contribution in [-0.4, -0.2) is 16.7 Å². The van der Waals surface area contributed by atoms with E-state index in [1.165, 1.54) is 27.8 Å². The van der Waals surface area contributed by atoms with E-state index in [0.717, 1.165) is 34.6 Å². The summed E-state index contributed by atoms with van der Waals surface area (Å²) in [7, 11) is 1.70. The molecule has 1 aliphatic carbocycles. The average Bonchev–Trinajstić information content (AvgIpc) is 3.56. The Kier molecular flexibility index (Phi) is 5.16. The van der Waals surface area contributed by atoms with Crippen molar-refractivity contribution in [1.29, 1.82) is 5.26 Å². The zero-order valence-electron chi connectivity index (χ0n) is 19.1. The molecule has 34 heavy (non-hydrogen) atoms. The summed E-state index contributed by atoms with van der Waals surface area (Å²) in [6, 6.07) is 25.5. The van der Waals surface area contributed by atoms with Gasteiger partial charge < -0.3 is 14.0 Å². The first-order chi connectivity index (χ1) is 16.8. The van der Waals surface area contributed by atoms with Crippen LogP contribution in [-0.2, 0) is 24.5 Å². The number of imidazole rings is 1. The second-order valence-electron chi connectivity index (χ2n) is 8.98. The Balaban J connectivity index is 1.42. The number of fused-ring (bicyclic) bond motifs is 3. The molecule has 2 aliphatic rings. The Bertz CT molecular complexity index is 1470. The molecule has 6 rings (SSSR count). The van der Waals surface area contributed by atoms with E-state index in [1.54, 1.807) is 7.11 Å². The number of allylic oxidation sites excluding steroid dienone is 1. The van der Waals surface area contributed by atoms with Crippen LogP contribution in [0.25, 0.3) is 16.6 Å². The fourth-order valence-electron chi connectivity index (χ4n) is 5.10. The van der Waals surface area contributed by atoms with E-state index in [9.17, 15) is 5.26 Å². The van der Waals surface area contributed by atoms with Gasteiger partial charge in [-0.05, 0) is 58.9 Å². The summed E-state index contributed by atoms with van der Waals surface area (Å²) in [5.74, 6) is 2.18. The van der Waals surface area contributed by atoms with Gasteiger partial charge in [0.15, 0.2) is 0 Å². The molecule has 168 valence electrons. The summed E-state index contributed by atoms with van der Waals surface area (Å²) in [5.41, 5.74) is 9.43. The molecule has 0 bridgehead atoms. The molecule has 1 unspecified atom stereocenters. The molecule has 0 N–H and O–H groups in total. The lowest BCUT2D eigenvalue weighted by molar-refractivity contribution is 0.175. The smallest absolute Gasteiger partial charge is 0.136 e. The van der Waals surface area contributed by atoms with Crippen molar-refractivity contribution < 1.29 is 9.47 Å². The van der Waals surface area contributed by atoms with Crippen LogP contribution in [0, 0.1) is 17.2 Å². The maximum atomic E-state index is 9.22. The summed E-state index contributed by atoms with van der Waals surface area (Å²) in [6.07, 6.45) is 1.56. The molecule has 0 saturated heterocycles. The van der Waals surface area contributed by atoms with E-state index in [4.69, 9.17) is 14.5 Å². The van der Waals surface area contributed by atoms with Gasteiger partial charge in [0.25, 0.3) is 0 Å². The van der Waals surface area contributed by atoms with E-state index in [-0.39, 0.29) is 0 Å². The molecule has 1 aliphatic heterocycles. The highest BCUT2D eigenvalue weighted by molar-refractivity contribution is 5.89. The molecule has 0 amide bonds. The first-order valence-corrected chi connectivity index (χ1v) is 11.6. The highest BCUT2D eigenvalue weighted by Gasteiger charge is 2.35. The summed E-state index contributed by atoms with van der Waals surface area (Å²) in [4.78, 5) is 4.78. The van der Waals surface area contributed by atoms with Gasteiger partial charge in [0, 0.05) is 25.6 Å². The molecular weight excluding hydrogens is 422 g/mol. The number of aromatic nitrogens is 2. The minimum atomic E-state index is 0.354. The highest BCUT2D eigenvalue weighted by atomic mass is 16.5. The molecule has 1 fully saturated rings. The third kappa shape index (κ3) is 3.57. The molecule has 1 atom stereocenters. The average molecular weight is 448 g/mol. The molecule has 1 saturated carbocycles. The van der Waals surface area contributed by atoms with E-state index < -0.39 is 0 Å². The number of hydrogen-bond donors (Lipinski definition) is 0. The monoisotopic (exact) mass is 447 g/mol. The van der Waals surface area contributed by atoms with Crippen molar-refractivity contribution in [2.75, 3.05) is 7.11 Å². The van der Waals surface area contributed by atoms with Crippen LogP contribution in [0.3, 0.4) is 0 Å². The largest absolute Gasteiger partial charge is 0.488 e. The van der Waals surface area contributed by atoms with Gasteiger partial charge in [0.1, 0.15) is 24.8 Å². The molecule has 5 heteroatoms. The van der Waals surface area contributed by atoms with Crippen LogP contribution in [0.2, 0.25) is 0 Å². The lowest BCUT2D eigenvalue weighted by atomic mass is 9.91. The molecular formula is C29H25N3O2. The van der Waals surface area contributed by atoms with Crippen LogP contribution in [0.1, 0.15) is 40.9 Å². The van der Waals surface area contributed by atoms with Gasteiger partial charge >= 0.3 is 0 Å². The predicted molar refractivity (Wildman–Crippen MR) is 131 cm³/mol. The molecule has 2 heterocycles. The lowest BCUT2D eigenvalue weighted by Crippen LogP contribution is -2.07. The third-order valence-corrected chi connectivity index (χ3v) is 6.78. The minimum Gasteiger partial charge on any atom is -0.488 e. The zero-order chi connectivity index (χ0) is 23.1. The third-order valence-electron chi connectivity index (χ3n) is 6.78. The van der Waals surface area contributed by atoms with E-state index in [2.05, 4.69) is 47.0 Å². The second kappa shape index (κ2) is 8.48. The standard InChI is InChI=1S/C29H25N3O2/c1-33-18-28-31-25-7-3-4-8-26(25)32(28)16-19-10-11-22-21(14-19)17-34-27-9-5-2-6-23(27)29(22)24-15-20(24)12-13-30/h2-11,14,20H,12,15-18H2,1H3/b29-24+. The molecule has 0 spiro atoms. The second-order valence-corrected chi connectivity index (χ2v) is 8.98. The molecule has 0 radical (unpaired) electrons. The number of nitrogens with zero attached hydrogens (tertiary/aromatic N) is 3. The van der Waals surface area contributed by atoms with Crippen molar-refractivity contribution in [1.82, 2.24) is 9.55 Å². The SMILES string of the molecule is COCc1nc2ccccc2n1Cc1ccc2c(c1)COc1ccccc1/C2=C1\CC1CC#N. The predicted octanol–water partition coefficient (Wildman–Crippen LogP) is 5.86. The van der Waals surface area contributed by atoms with Crippen molar-refractivity contribution >= 4 is 16.6 Å². The van der Waals surface area contributed by atoms with E-state index in [1.807, 2.05) is 30.3 Å². The van der Waals surface area contributed by atoms with Crippen molar-refractivity contribution in [2.45, 2.75) is 32.6 Å². The summed E-state index contributed by atoms with van der Waals surface area (Å²) < 4.78 is 13.9. The number of ether oxygens (including phenoxy) is 2. The maximum Gasteiger partial charge on any atom is 0.136 e. The fraction of sp³-hybridized carbons (Fsp3) is 0.241. The Hall–Kier alpha value is -3.88. The van der Waals surface area contributed by atoms with Crippen LogP contribution >= 0.6 is 0 Å². The Labute approximate surface area is 198 Å². The van der Waals surface area contributed by atoms with Gasteiger partial charge in [-0.25, -0.2) is 4.98 Å². The number of nitriles is 1. The van der Waals surface area contributed by atoms with Gasteiger partial charge in [-0.15, -0.1) is 0 Å². The normalized spacial score (nSPS) is 18.5. The highest BCUT2D eigenvalue weighted by Crippen LogP contribution is 2.50. The van der Waals surface area contributed by atoms with Crippen molar-refractivity contribution in [3.8, 4) is 11.8 Å². The van der Waals surface area contributed by atoms with Crippen LogP contribution in [0.4, 0.5) is 0 Å². The van der Waals surface area contributed by atoms with E-state index >= 15 is 0 Å². The summed E-state index contributed by atoms with van der Waals surface area (Å²) >= 11 is 0. The number of para-hydroxylation sites is 3. The fourth-order valence-corrected chi connectivity index (χ4v) is 5.10. The van der Waals surface area contributed by atoms with Gasteiger partial charge in [-0.2, -0.15) is 5.26 Å². The number of methoxy groups -OCH3 is 1. The van der Waals surface area contributed by atoms with Gasteiger partial charge in [0.2, 0.25) is 0 Å². The summed E-state index contributed by atoms with van der Waals surface area (Å²) in [5, 5.41) is 9.22. The van der Waals surface area contributed by atoms with E-state index in [0.29, 0.717) is 32.1 Å². The molecule has 4 aromatic rings. The molecule has 1 aromatic heterocycles. The Morgan fingerprint density at radius 2 is 1.94 bits per heavy atom. The maximum absolute atomic E-state index is 9.22. The summed E-state index contributed by atoms with van der Waals surface area (Å²) in [6.45, 7) is 1.70. The first kappa shape index (κ1) is 20.7. The van der Waals surface area contributed by atoms with Crippen molar-refractivity contribution in [3.05, 3.63) is 100 Å². The van der Waals surface area contributed by atoms with Crippen LogP contribution in [0.15, 0.2) is 72.3 Å². The molecule has 3 aromatic carbocycles. The first-order valence-electron chi connectivity index (χ1n) is 11.6. The van der Waals surface area contributed by atoms with Crippen molar-refractivity contribution in [2.24, 2.45) is 5.92 Å². The number of hydrogen-bond acceptors (Lipinski definition) is 4. The van der Waals surface area contributed by atoms with Crippen LogP contribution < -0.4 is 4.74 Å². The lowest BCUT2D eigenvalue weighted by Gasteiger charge is -2.14. The Morgan fingerprint density at radius 3 is 2.82 bits per heavy atom. The molecule has 5 nitrogen and oxygen atoms in total. The topological polar surface area (TPSA) is 60.1 Å². The number of rotatable bonds is 5. The number of benzene rings is 3. The van der Waals surface area contributed by atoms with Crippen LogP contribution in [0.5, 0.6) is 5.75 Å². The quantitative estimate of drug-likeness (QED) is 0.385. The zero-order valence-corrected chi connectivity index (χ0v) is 19.1. The van der Waals surface area contributed by atoms with Gasteiger partial charge in [0.05, 0.1) is 17.1 Å². The minimum absolute atomic E-state index is 0.354. The Morgan fingerprint density at radius 1 is 1.09 bits per heavy atom. The van der Waals surface area contributed by atoms with Gasteiger partial charge in [-0.3, -0.25) is 0 Å².